The number of hydrogen-bond donors (Lipinski definition) is 0. The monoisotopic (exact) mass is 424 g/mol. The minimum atomic E-state index is -3.50. The molecule has 1 aliphatic carbocycles. The highest BCUT2D eigenvalue weighted by Gasteiger charge is 2.31. The van der Waals surface area contributed by atoms with Gasteiger partial charge in [-0.1, -0.05) is 29.4 Å². The Morgan fingerprint density at radius 1 is 0.833 bits per heavy atom. The molecule has 5 rings (SSSR count). The number of aryl methyl sites for hydroxylation is 2. The van der Waals surface area contributed by atoms with Crippen LogP contribution in [0.2, 0.25) is 0 Å². The fraction of sp³-hybridized carbons (Fsp3) is 0.381. The molecule has 3 aromatic rings. The van der Waals surface area contributed by atoms with Gasteiger partial charge in [-0.25, -0.2) is 8.42 Å². The summed E-state index contributed by atoms with van der Waals surface area (Å²) >= 11 is 0. The predicted molar refractivity (Wildman–Crippen MR) is 113 cm³/mol. The second kappa shape index (κ2) is 7.81. The molecule has 156 valence electrons. The average molecular weight is 425 g/mol. The third-order valence-electron chi connectivity index (χ3n) is 5.93. The topological polar surface area (TPSA) is 84.2 Å². The number of anilines is 1. The van der Waals surface area contributed by atoms with E-state index in [1.807, 2.05) is 47.4 Å². The van der Waals surface area contributed by atoms with Crippen molar-refractivity contribution >= 4 is 16.0 Å². The predicted octanol–water partition coefficient (Wildman–Crippen LogP) is 2.05. The normalized spacial score (nSPS) is 17.7. The molecule has 1 aromatic heterocycles. The van der Waals surface area contributed by atoms with Crippen molar-refractivity contribution < 1.29 is 8.42 Å². The van der Waals surface area contributed by atoms with Crippen molar-refractivity contribution in [2.24, 2.45) is 0 Å². The van der Waals surface area contributed by atoms with E-state index in [1.165, 1.54) is 17.5 Å². The highest BCUT2D eigenvalue weighted by Crippen LogP contribution is 2.27. The standard InChI is InChI=1S/C21H24N6O2S/c28-30(29,20-11-10-17-6-4-5-7-18(17)16-20)26-14-12-25(13-15-26)21-22-23-24-27(21)19-8-2-1-3-9-19/h1-3,8-11,16H,4-7,12-15H2. The van der Waals surface area contributed by atoms with Crippen molar-refractivity contribution in [2.75, 3.05) is 31.1 Å². The molecule has 2 heterocycles. The van der Waals surface area contributed by atoms with E-state index in [0.717, 1.165) is 24.9 Å². The van der Waals surface area contributed by atoms with Gasteiger partial charge in [0, 0.05) is 26.2 Å². The van der Waals surface area contributed by atoms with E-state index in [1.54, 1.807) is 15.1 Å². The second-order valence-electron chi connectivity index (χ2n) is 7.75. The number of piperazine rings is 1. The van der Waals surface area contributed by atoms with Gasteiger partial charge in [0.25, 0.3) is 0 Å². The number of sulfonamides is 1. The molecule has 0 spiro atoms. The van der Waals surface area contributed by atoms with E-state index >= 15 is 0 Å². The molecule has 30 heavy (non-hydrogen) atoms. The number of para-hydroxylation sites is 1. The van der Waals surface area contributed by atoms with Gasteiger partial charge in [0.15, 0.2) is 0 Å². The summed E-state index contributed by atoms with van der Waals surface area (Å²) in [5, 5.41) is 12.1. The Labute approximate surface area is 176 Å². The molecule has 9 heteroatoms. The first-order valence-electron chi connectivity index (χ1n) is 10.3. The van der Waals surface area contributed by atoms with Crippen molar-refractivity contribution in [3.63, 3.8) is 0 Å². The lowest BCUT2D eigenvalue weighted by Gasteiger charge is -2.34. The Hall–Kier alpha value is -2.78. The molecule has 0 amide bonds. The van der Waals surface area contributed by atoms with Crippen molar-refractivity contribution in [1.29, 1.82) is 0 Å². The minimum absolute atomic E-state index is 0.404. The Kier molecular flexibility index (Phi) is 5.00. The first-order valence-corrected chi connectivity index (χ1v) is 11.8. The Balaban J connectivity index is 1.32. The molecule has 8 nitrogen and oxygen atoms in total. The maximum absolute atomic E-state index is 13.2. The van der Waals surface area contributed by atoms with E-state index in [9.17, 15) is 8.42 Å². The van der Waals surface area contributed by atoms with E-state index in [0.29, 0.717) is 37.0 Å². The third kappa shape index (κ3) is 3.48. The zero-order chi connectivity index (χ0) is 20.6. The highest BCUT2D eigenvalue weighted by molar-refractivity contribution is 7.89. The van der Waals surface area contributed by atoms with Gasteiger partial charge in [0.2, 0.25) is 16.0 Å². The van der Waals surface area contributed by atoms with Gasteiger partial charge in [-0.15, -0.1) is 0 Å². The summed E-state index contributed by atoms with van der Waals surface area (Å²) in [6, 6.07) is 15.3. The highest BCUT2D eigenvalue weighted by atomic mass is 32.2. The molecule has 2 aromatic carbocycles. The van der Waals surface area contributed by atoms with Crippen LogP contribution in [-0.2, 0) is 22.9 Å². The summed E-state index contributed by atoms with van der Waals surface area (Å²) in [6.07, 6.45) is 4.33. The molecule has 0 N–H and O–H groups in total. The van der Waals surface area contributed by atoms with Crippen LogP contribution in [0.15, 0.2) is 53.4 Å². The third-order valence-corrected chi connectivity index (χ3v) is 7.83. The lowest BCUT2D eigenvalue weighted by Crippen LogP contribution is -2.49. The van der Waals surface area contributed by atoms with E-state index in [2.05, 4.69) is 15.5 Å². The molecule has 1 saturated heterocycles. The van der Waals surface area contributed by atoms with E-state index in [-0.39, 0.29) is 0 Å². The Morgan fingerprint density at radius 3 is 2.33 bits per heavy atom. The van der Waals surface area contributed by atoms with E-state index < -0.39 is 10.0 Å². The summed E-state index contributed by atoms with van der Waals surface area (Å²) in [5.41, 5.74) is 3.35. The number of nitrogens with zero attached hydrogens (tertiary/aromatic N) is 6. The minimum Gasteiger partial charge on any atom is -0.337 e. The summed E-state index contributed by atoms with van der Waals surface area (Å²) in [7, 11) is -3.50. The molecular weight excluding hydrogens is 400 g/mol. The summed E-state index contributed by atoms with van der Waals surface area (Å²) in [5.74, 6) is 0.632. The largest absolute Gasteiger partial charge is 0.337 e. The van der Waals surface area contributed by atoms with Gasteiger partial charge < -0.3 is 4.90 Å². The number of tetrazole rings is 1. The smallest absolute Gasteiger partial charge is 0.250 e. The Bertz CT molecular complexity index is 1140. The number of rotatable bonds is 4. The summed E-state index contributed by atoms with van der Waals surface area (Å²) in [4.78, 5) is 2.44. The maximum atomic E-state index is 13.2. The summed E-state index contributed by atoms with van der Waals surface area (Å²) in [6.45, 7) is 1.89. The van der Waals surface area contributed by atoms with Crippen LogP contribution < -0.4 is 4.90 Å². The molecule has 1 fully saturated rings. The van der Waals surface area contributed by atoms with Crippen molar-refractivity contribution in [1.82, 2.24) is 24.5 Å². The number of aromatic nitrogens is 4. The van der Waals surface area contributed by atoms with Gasteiger partial charge in [-0.2, -0.15) is 8.99 Å². The first-order chi connectivity index (χ1) is 14.6. The van der Waals surface area contributed by atoms with Crippen LogP contribution in [0.25, 0.3) is 5.69 Å². The van der Waals surface area contributed by atoms with Crippen LogP contribution in [0.3, 0.4) is 0 Å². The van der Waals surface area contributed by atoms with Gasteiger partial charge >= 0.3 is 0 Å². The Morgan fingerprint density at radius 2 is 1.57 bits per heavy atom. The van der Waals surface area contributed by atoms with Gasteiger partial charge in [0.1, 0.15) is 0 Å². The van der Waals surface area contributed by atoms with Gasteiger partial charge in [0.05, 0.1) is 10.6 Å². The zero-order valence-corrected chi connectivity index (χ0v) is 17.5. The molecular formula is C21H24N6O2S. The average Bonchev–Trinajstić information content (AvgIpc) is 3.29. The maximum Gasteiger partial charge on any atom is 0.250 e. The van der Waals surface area contributed by atoms with Crippen molar-refractivity contribution in [2.45, 2.75) is 30.6 Å². The SMILES string of the molecule is O=S(=O)(c1ccc2c(c1)CCCC2)N1CCN(c2nnnn2-c2ccccc2)CC1. The number of hydrogen-bond acceptors (Lipinski definition) is 6. The first kappa shape index (κ1) is 19.2. The van der Waals surface area contributed by atoms with Gasteiger partial charge in [-0.05, 0) is 71.5 Å². The lowest BCUT2D eigenvalue weighted by molar-refractivity contribution is 0.381. The lowest BCUT2D eigenvalue weighted by atomic mass is 9.92. The van der Waals surface area contributed by atoms with Crippen LogP contribution in [0.4, 0.5) is 5.95 Å². The number of fused-ring (bicyclic) bond motifs is 1. The quantitative estimate of drug-likeness (QED) is 0.637. The number of benzene rings is 2. The molecule has 0 saturated carbocycles. The van der Waals surface area contributed by atoms with Gasteiger partial charge in [-0.3, -0.25) is 0 Å². The van der Waals surface area contributed by atoms with Crippen LogP contribution in [0.5, 0.6) is 0 Å². The van der Waals surface area contributed by atoms with Crippen molar-refractivity contribution in [3.05, 3.63) is 59.7 Å². The van der Waals surface area contributed by atoms with Crippen LogP contribution >= 0.6 is 0 Å². The molecule has 2 aliphatic rings. The fourth-order valence-electron chi connectivity index (χ4n) is 4.26. The van der Waals surface area contributed by atoms with Crippen LogP contribution in [0, 0.1) is 0 Å². The molecule has 0 atom stereocenters. The van der Waals surface area contributed by atoms with E-state index in [4.69, 9.17) is 0 Å². The van der Waals surface area contributed by atoms with Crippen molar-refractivity contribution in [3.8, 4) is 5.69 Å². The second-order valence-corrected chi connectivity index (χ2v) is 9.69. The molecule has 0 unspecified atom stereocenters. The molecule has 0 radical (unpaired) electrons. The molecule has 1 aliphatic heterocycles. The van der Waals surface area contributed by atoms with Crippen LogP contribution in [0.1, 0.15) is 24.0 Å². The molecule has 0 bridgehead atoms. The van der Waals surface area contributed by atoms with Crippen LogP contribution in [-0.4, -0.2) is 59.1 Å². The summed E-state index contributed by atoms with van der Waals surface area (Å²) < 4.78 is 29.7. The zero-order valence-electron chi connectivity index (χ0n) is 16.7. The fourth-order valence-corrected chi connectivity index (χ4v) is 5.74.